The fraction of sp³-hybridized carbons (Fsp3) is 0.222. The molecule has 0 N–H and O–H groups in total. The quantitative estimate of drug-likeness (QED) is 0.109. The minimum atomic E-state index is -0.472. The van der Waals surface area contributed by atoms with Crippen LogP contribution in [0.25, 0.3) is 11.0 Å². The SMILES string of the molecule is CCOC(=O)CN(Cc1ccc(OCc2ccccc2)cc1)C(=O)c1ccc(OCCOc2nc3ccccc3nc2C)cc1. The molecule has 9 nitrogen and oxygen atoms in total. The molecule has 4 aromatic carbocycles. The first-order valence-corrected chi connectivity index (χ1v) is 14.8. The molecule has 0 atom stereocenters. The van der Waals surface area contributed by atoms with Crippen LogP contribution in [0.15, 0.2) is 103 Å². The van der Waals surface area contributed by atoms with Crippen LogP contribution in [0.3, 0.4) is 0 Å². The van der Waals surface area contributed by atoms with Gasteiger partial charge in [-0.2, -0.15) is 0 Å². The van der Waals surface area contributed by atoms with E-state index in [0.717, 1.165) is 22.2 Å². The zero-order valence-corrected chi connectivity index (χ0v) is 25.3. The van der Waals surface area contributed by atoms with Gasteiger partial charge in [0.2, 0.25) is 5.88 Å². The van der Waals surface area contributed by atoms with Gasteiger partial charge in [0.15, 0.2) is 0 Å². The van der Waals surface area contributed by atoms with Crippen molar-refractivity contribution in [1.29, 1.82) is 0 Å². The second kappa shape index (κ2) is 15.3. The van der Waals surface area contributed by atoms with Crippen molar-refractivity contribution >= 4 is 22.9 Å². The van der Waals surface area contributed by atoms with Gasteiger partial charge in [-0.05, 0) is 73.5 Å². The zero-order chi connectivity index (χ0) is 31.4. The Morgan fingerprint density at radius 1 is 0.689 bits per heavy atom. The van der Waals surface area contributed by atoms with E-state index in [1.165, 1.54) is 4.90 Å². The molecule has 0 saturated carbocycles. The minimum Gasteiger partial charge on any atom is -0.490 e. The third kappa shape index (κ3) is 8.79. The molecule has 0 unspecified atom stereocenters. The van der Waals surface area contributed by atoms with Crippen LogP contribution in [-0.4, -0.2) is 53.1 Å². The van der Waals surface area contributed by atoms with Crippen LogP contribution < -0.4 is 14.2 Å². The Bertz CT molecular complexity index is 1710. The number of benzene rings is 4. The maximum absolute atomic E-state index is 13.5. The summed E-state index contributed by atoms with van der Waals surface area (Å²) in [6, 6.07) is 31.8. The maximum Gasteiger partial charge on any atom is 0.325 e. The van der Waals surface area contributed by atoms with Gasteiger partial charge in [-0.15, -0.1) is 0 Å². The number of fused-ring (bicyclic) bond motifs is 1. The number of amides is 1. The van der Waals surface area contributed by atoms with Gasteiger partial charge in [-0.25, -0.2) is 9.97 Å². The van der Waals surface area contributed by atoms with Crippen LogP contribution in [0.1, 0.15) is 34.1 Å². The number of rotatable bonds is 14. The van der Waals surface area contributed by atoms with Crippen LogP contribution in [0.2, 0.25) is 0 Å². The van der Waals surface area contributed by atoms with E-state index in [1.54, 1.807) is 31.2 Å². The summed E-state index contributed by atoms with van der Waals surface area (Å²) in [7, 11) is 0. The summed E-state index contributed by atoms with van der Waals surface area (Å²) in [5, 5.41) is 0. The van der Waals surface area contributed by atoms with E-state index in [1.807, 2.05) is 85.8 Å². The molecule has 5 aromatic rings. The van der Waals surface area contributed by atoms with Crippen LogP contribution in [0.5, 0.6) is 17.4 Å². The molecule has 5 rings (SSSR count). The Kier molecular flexibility index (Phi) is 10.6. The number of hydrogen-bond acceptors (Lipinski definition) is 8. The van der Waals surface area contributed by atoms with Gasteiger partial charge < -0.3 is 23.8 Å². The predicted octanol–water partition coefficient (Wildman–Crippen LogP) is 6.18. The number of para-hydroxylation sites is 2. The number of hydrogen-bond donors (Lipinski definition) is 0. The Balaban J connectivity index is 1.16. The molecule has 230 valence electrons. The first-order chi connectivity index (χ1) is 22.0. The molecule has 0 fully saturated rings. The smallest absolute Gasteiger partial charge is 0.325 e. The molecule has 0 bridgehead atoms. The fourth-order valence-electron chi connectivity index (χ4n) is 4.60. The van der Waals surface area contributed by atoms with Crippen molar-refractivity contribution in [2.24, 2.45) is 0 Å². The van der Waals surface area contributed by atoms with E-state index in [-0.39, 0.29) is 38.8 Å². The molecule has 9 heteroatoms. The molecule has 1 aromatic heterocycles. The van der Waals surface area contributed by atoms with Gasteiger partial charge >= 0.3 is 5.97 Å². The second-order valence-corrected chi connectivity index (χ2v) is 10.2. The van der Waals surface area contributed by atoms with Crippen molar-refractivity contribution in [3.63, 3.8) is 0 Å². The summed E-state index contributed by atoms with van der Waals surface area (Å²) in [6.07, 6.45) is 0. The Hall–Kier alpha value is -5.44. The molecule has 0 aliphatic heterocycles. The predicted molar refractivity (Wildman–Crippen MR) is 170 cm³/mol. The Labute approximate surface area is 262 Å². The fourth-order valence-corrected chi connectivity index (χ4v) is 4.60. The van der Waals surface area contributed by atoms with E-state index in [2.05, 4.69) is 9.97 Å². The van der Waals surface area contributed by atoms with Crippen molar-refractivity contribution in [1.82, 2.24) is 14.9 Å². The van der Waals surface area contributed by atoms with E-state index in [0.29, 0.717) is 35.2 Å². The van der Waals surface area contributed by atoms with Crippen LogP contribution >= 0.6 is 0 Å². The molecular formula is C36H35N3O6. The molecule has 0 saturated heterocycles. The number of nitrogens with zero attached hydrogens (tertiary/aromatic N) is 3. The Morgan fingerprint density at radius 3 is 2.02 bits per heavy atom. The van der Waals surface area contributed by atoms with E-state index in [4.69, 9.17) is 18.9 Å². The minimum absolute atomic E-state index is 0.175. The number of carbonyl (C=O) groups is 2. The summed E-state index contributed by atoms with van der Waals surface area (Å²) in [6.45, 7) is 4.88. The molecule has 0 aliphatic rings. The molecule has 0 radical (unpaired) electrons. The molecule has 45 heavy (non-hydrogen) atoms. The van der Waals surface area contributed by atoms with Gasteiger partial charge in [0.25, 0.3) is 5.91 Å². The van der Waals surface area contributed by atoms with Crippen molar-refractivity contribution < 1.29 is 28.5 Å². The summed E-state index contributed by atoms with van der Waals surface area (Å²) in [4.78, 5) is 36.4. The number of carbonyl (C=O) groups excluding carboxylic acids is 2. The lowest BCUT2D eigenvalue weighted by molar-refractivity contribution is -0.143. The maximum atomic E-state index is 13.5. The zero-order valence-electron chi connectivity index (χ0n) is 25.3. The van der Waals surface area contributed by atoms with E-state index in [9.17, 15) is 9.59 Å². The van der Waals surface area contributed by atoms with E-state index < -0.39 is 5.97 Å². The average molecular weight is 606 g/mol. The highest BCUT2D eigenvalue weighted by Gasteiger charge is 2.20. The van der Waals surface area contributed by atoms with Crippen LogP contribution in [0.4, 0.5) is 0 Å². The summed E-state index contributed by atoms with van der Waals surface area (Å²) >= 11 is 0. The van der Waals surface area contributed by atoms with E-state index >= 15 is 0 Å². The highest BCUT2D eigenvalue weighted by atomic mass is 16.5. The van der Waals surface area contributed by atoms with Crippen LogP contribution in [-0.2, 0) is 22.7 Å². The lowest BCUT2D eigenvalue weighted by Gasteiger charge is -2.22. The molecule has 0 spiro atoms. The van der Waals surface area contributed by atoms with Crippen molar-refractivity contribution in [2.75, 3.05) is 26.4 Å². The first kappa shape index (κ1) is 31.0. The average Bonchev–Trinajstić information content (AvgIpc) is 3.07. The third-order valence-corrected chi connectivity index (χ3v) is 6.85. The van der Waals surface area contributed by atoms with Gasteiger partial charge in [0, 0.05) is 12.1 Å². The normalized spacial score (nSPS) is 10.7. The highest BCUT2D eigenvalue weighted by molar-refractivity contribution is 5.96. The lowest BCUT2D eigenvalue weighted by Crippen LogP contribution is -2.36. The summed E-state index contributed by atoms with van der Waals surface area (Å²) in [5.41, 5.74) is 4.63. The van der Waals surface area contributed by atoms with Crippen molar-refractivity contribution in [2.45, 2.75) is 27.0 Å². The number of aromatic nitrogens is 2. The van der Waals surface area contributed by atoms with Gasteiger partial charge in [-0.1, -0.05) is 54.6 Å². The first-order valence-electron chi connectivity index (χ1n) is 14.8. The molecule has 1 amide bonds. The van der Waals surface area contributed by atoms with Crippen molar-refractivity contribution in [3.05, 3.63) is 126 Å². The number of ether oxygens (including phenoxy) is 4. The topological polar surface area (TPSA) is 100 Å². The van der Waals surface area contributed by atoms with Crippen LogP contribution in [0, 0.1) is 6.92 Å². The number of aryl methyl sites for hydroxylation is 1. The lowest BCUT2D eigenvalue weighted by atomic mass is 10.1. The van der Waals surface area contributed by atoms with Gasteiger partial charge in [0.1, 0.15) is 43.6 Å². The molecular weight excluding hydrogens is 570 g/mol. The van der Waals surface area contributed by atoms with Crippen molar-refractivity contribution in [3.8, 4) is 17.4 Å². The largest absolute Gasteiger partial charge is 0.490 e. The van der Waals surface area contributed by atoms with Gasteiger partial charge in [0.05, 0.1) is 17.6 Å². The third-order valence-electron chi connectivity index (χ3n) is 6.85. The number of esters is 1. The highest BCUT2D eigenvalue weighted by Crippen LogP contribution is 2.20. The summed E-state index contributed by atoms with van der Waals surface area (Å²) < 4.78 is 22.6. The Morgan fingerprint density at radius 2 is 1.31 bits per heavy atom. The molecule has 1 heterocycles. The second-order valence-electron chi connectivity index (χ2n) is 10.2. The summed E-state index contributed by atoms with van der Waals surface area (Å²) in [5.74, 6) is 0.994. The standard InChI is InChI=1S/C36H35N3O6/c1-3-42-34(40)24-39(23-27-13-17-31(18-14-27)45-25-28-9-5-4-6-10-28)36(41)29-15-19-30(20-16-29)43-21-22-44-35-26(2)37-32-11-7-8-12-33(32)38-35/h4-20H,3,21-25H2,1-2H3. The van der Waals surface area contributed by atoms with Gasteiger partial charge in [-0.3, -0.25) is 9.59 Å². The monoisotopic (exact) mass is 605 g/mol. The molecule has 0 aliphatic carbocycles.